The van der Waals surface area contributed by atoms with Crippen LogP contribution in [0.4, 0.5) is 0 Å². The van der Waals surface area contributed by atoms with E-state index in [2.05, 4.69) is 26.1 Å². The van der Waals surface area contributed by atoms with E-state index >= 15 is 0 Å². The molecule has 3 fully saturated rings. The molecule has 1 amide bonds. The number of thioether (sulfide) groups is 1. The predicted octanol–water partition coefficient (Wildman–Crippen LogP) is 2.31. The summed E-state index contributed by atoms with van der Waals surface area (Å²) in [4.78, 5) is 13.0. The fraction of sp³-hybridized carbons (Fsp3) is 0.941. The molecule has 0 bridgehead atoms. The van der Waals surface area contributed by atoms with Gasteiger partial charge in [-0.05, 0) is 31.4 Å². The Morgan fingerprint density at radius 2 is 2.09 bits per heavy atom. The van der Waals surface area contributed by atoms with E-state index in [4.69, 9.17) is 10.5 Å². The van der Waals surface area contributed by atoms with Crippen LogP contribution in [-0.4, -0.2) is 41.2 Å². The minimum atomic E-state index is -0.776. The van der Waals surface area contributed by atoms with Gasteiger partial charge in [0.05, 0.1) is 6.10 Å². The van der Waals surface area contributed by atoms with Gasteiger partial charge in [0.1, 0.15) is 5.54 Å². The van der Waals surface area contributed by atoms with Gasteiger partial charge < -0.3 is 15.8 Å². The lowest BCUT2D eigenvalue weighted by Gasteiger charge is -2.65. The van der Waals surface area contributed by atoms with Crippen LogP contribution in [0.1, 0.15) is 52.9 Å². The Morgan fingerprint density at radius 1 is 1.32 bits per heavy atom. The van der Waals surface area contributed by atoms with Crippen LogP contribution in [0, 0.1) is 11.3 Å². The molecule has 4 nitrogen and oxygen atoms in total. The molecule has 2 aliphatic carbocycles. The molecule has 1 saturated heterocycles. The van der Waals surface area contributed by atoms with E-state index in [1.54, 1.807) is 0 Å². The first kappa shape index (κ1) is 16.6. The van der Waals surface area contributed by atoms with Gasteiger partial charge in [-0.15, -0.1) is 0 Å². The van der Waals surface area contributed by atoms with Crippen LogP contribution in [0.3, 0.4) is 0 Å². The lowest BCUT2D eigenvalue weighted by molar-refractivity contribution is -0.225. The molecule has 0 spiro atoms. The van der Waals surface area contributed by atoms with E-state index in [9.17, 15) is 4.79 Å². The summed E-state index contributed by atoms with van der Waals surface area (Å²) in [7, 11) is 0. The van der Waals surface area contributed by atoms with Crippen molar-refractivity contribution >= 4 is 17.7 Å². The molecular formula is C17H30N2O2S. The van der Waals surface area contributed by atoms with Gasteiger partial charge in [-0.1, -0.05) is 27.2 Å². The normalized spacial score (nSPS) is 43.3. The van der Waals surface area contributed by atoms with E-state index in [1.165, 1.54) is 12.8 Å². The average Bonchev–Trinajstić information content (AvgIpc) is 2.94. The molecule has 5 unspecified atom stereocenters. The maximum Gasteiger partial charge on any atom is 0.241 e. The van der Waals surface area contributed by atoms with Gasteiger partial charge in [0.15, 0.2) is 0 Å². The molecule has 3 rings (SSSR count). The van der Waals surface area contributed by atoms with E-state index in [0.29, 0.717) is 5.25 Å². The second-order valence-corrected chi connectivity index (χ2v) is 9.15. The highest BCUT2D eigenvalue weighted by Gasteiger charge is 2.70. The van der Waals surface area contributed by atoms with Crippen LogP contribution in [0.15, 0.2) is 0 Å². The van der Waals surface area contributed by atoms with Gasteiger partial charge in [0.2, 0.25) is 5.91 Å². The first-order valence-electron chi connectivity index (χ1n) is 8.76. The van der Waals surface area contributed by atoms with E-state index < -0.39 is 5.54 Å². The zero-order valence-corrected chi connectivity index (χ0v) is 14.9. The number of nitrogens with two attached hydrogens (primary N) is 1. The zero-order valence-electron chi connectivity index (χ0n) is 14.1. The summed E-state index contributed by atoms with van der Waals surface area (Å²) in [5.41, 5.74) is 5.62. The fourth-order valence-electron chi connectivity index (χ4n) is 4.83. The molecule has 22 heavy (non-hydrogen) atoms. The first-order chi connectivity index (χ1) is 10.4. The summed E-state index contributed by atoms with van der Waals surface area (Å²) >= 11 is 1.97. The highest BCUT2D eigenvalue weighted by molar-refractivity contribution is 7.99. The molecular weight excluding hydrogens is 296 g/mol. The first-order valence-corrected chi connectivity index (χ1v) is 9.80. The molecule has 126 valence electrons. The fourth-order valence-corrected chi connectivity index (χ4v) is 6.03. The number of rotatable bonds is 4. The van der Waals surface area contributed by atoms with Gasteiger partial charge in [0, 0.05) is 29.2 Å². The van der Waals surface area contributed by atoms with Crippen molar-refractivity contribution in [2.24, 2.45) is 17.1 Å². The monoisotopic (exact) mass is 326 g/mol. The quantitative estimate of drug-likeness (QED) is 0.832. The highest BCUT2D eigenvalue weighted by atomic mass is 32.2. The lowest BCUT2D eigenvalue weighted by Crippen LogP contribution is -2.82. The Balaban J connectivity index is 1.71. The summed E-state index contributed by atoms with van der Waals surface area (Å²) in [6, 6.07) is 0.289. The topological polar surface area (TPSA) is 64.4 Å². The van der Waals surface area contributed by atoms with Crippen molar-refractivity contribution in [3.8, 4) is 0 Å². The molecule has 0 aromatic heterocycles. The minimum Gasteiger partial charge on any atom is -0.377 e. The summed E-state index contributed by atoms with van der Waals surface area (Å²) in [5, 5.41) is 3.86. The Bertz CT molecular complexity index is 442. The Morgan fingerprint density at radius 3 is 2.82 bits per heavy atom. The lowest BCUT2D eigenvalue weighted by atomic mass is 9.46. The maximum atomic E-state index is 13.0. The molecule has 0 radical (unpaired) electrons. The van der Waals surface area contributed by atoms with Gasteiger partial charge in [-0.3, -0.25) is 4.79 Å². The van der Waals surface area contributed by atoms with Gasteiger partial charge >= 0.3 is 0 Å². The van der Waals surface area contributed by atoms with Crippen molar-refractivity contribution in [1.82, 2.24) is 5.32 Å². The number of fused-ring (bicyclic) bond motifs is 1. The molecule has 0 aromatic carbocycles. The van der Waals surface area contributed by atoms with Crippen molar-refractivity contribution in [3.63, 3.8) is 0 Å². The van der Waals surface area contributed by atoms with Crippen LogP contribution in [0.2, 0.25) is 0 Å². The highest BCUT2D eigenvalue weighted by Crippen LogP contribution is 2.57. The van der Waals surface area contributed by atoms with Crippen molar-refractivity contribution in [1.29, 1.82) is 0 Å². The number of hydrogen-bond acceptors (Lipinski definition) is 4. The molecule has 0 aromatic rings. The SMILES string of the molecule is CCSC1CCCC1NC(=O)C1(N)C2CCCOC2C1(C)C. The number of carbonyl (C=O) groups is 1. The second kappa shape index (κ2) is 5.99. The summed E-state index contributed by atoms with van der Waals surface area (Å²) < 4.78 is 5.90. The smallest absolute Gasteiger partial charge is 0.241 e. The number of ether oxygens (including phenoxy) is 1. The molecule has 1 heterocycles. The van der Waals surface area contributed by atoms with Crippen LogP contribution in [0.25, 0.3) is 0 Å². The third kappa shape index (κ3) is 2.31. The van der Waals surface area contributed by atoms with Crippen LogP contribution >= 0.6 is 11.8 Å². The predicted molar refractivity (Wildman–Crippen MR) is 90.9 cm³/mol. The molecule has 5 atom stereocenters. The molecule has 3 aliphatic rings. The van der Waals surface area contributed by atoms with Crippen LogP contribution < -0.4 is 11.1 Å². The van der Waals surface area contributed by atoms with Gasteiger partial charge in [-0.25, -0.2) is 0 Å². The van der Waals surface area contributed by atoms with Crippen molar-refractivity contribution in [2.45, 2.75) is 75.8 Å². The summed E-state index contributed by atoms with van der Waals surface area (Å²) in [5.74, 6) is 1.34. The summed E-state index contributed by atoms with van der Waals surface area (Å²) in [6.07, 6.45) is 5.67. The number of hydrogen-bond donors (Lipinski definition) is 2. The maximum absolute atomic E-state index is 13.0. The standard InChI is InChI=1S/C17H30N2O2S/c1-4-22-13-9-5-8-12(13)19-15(20)17(18)11-7-6-10-21-14(11)16(17,2)3/h11-14H,4-10,18H2,1-3H3,(H,19,20). The number of amides is 1. The van der Waals surface area contributed by atoms with Crippen LogP contribution in [-0.2, 0) is 9.53 Å². The minimum absolute atomic E-state index is 0.0536. The second-order valence-electron chi connectivity index (χ2n) is 7.64. The zero-order chi connectivity index (χ0) is 16.0. The van der Waals surface area contributed by atoms with Gasteiger partial charge in [-0.2, -0.15) is 11.8 Å². The van der Waals surface area contributed by atoms with Crippen molar-refractivity contribution in [2.75, 3.05) is 12.4 Å². The van der Waals surface area contributed by atoms with Crippen LogP contribution in [0.5, 0.6) is 0 Å². The average molecular weight is 327 g/mol. The Hall–Kier alpha value is -0.260. The summed E-state index contributed by atoms with van der Waals surface area (Å²) in [6.45, 7) is 7.17. The molecule has 1 aliphatic heterocycles. The third-order valence-corrected chi connectivity index (χ3v) is 7.54. The van der Waals surface area contributed by atoms with E-state index in [-0.39, 0.29) is 29.4 Å². The third-order valence-electron chi connectivity index (χ3n) is 6.21. The van der Waals surface area contributed by atoms with Gasteiger partial charge in [0.25, 0.3) is 0 Å². The molecule has 3 N–H and O–H groups in total. The largest absolute Gasteiger partial charge is 0.377 e. The number of nitrogens with one attached hydrogen (secondary N) is 1. The Labute approximate surface area is 138 Å². The van der Waals surface area contributed by atoms with Crippen molar-refractivity contribution < 1.29 is 9.53 Å². The van der Waals surface area contributed by atoms with E-state index in [0.717, 1.165) is 31.6 Å². The molecule has 2 saturated carbocycles. The van der Waals surface area contributed by atoms with Crippen molar-refractivity contribution in [3.05, 3.63) is 0 Å². The Kier molecular flexibility index (Phi) is 4.52. The van der Waals surface area contributed by atoms with E-state index in [1.807, 2.05) is 11.8 Å². The number of carbonyl (C=O) groups excluding carboxylic acids is 1. The molecule has 5 heteroatoms.